The van der Waals surface area contributed by atoms with Crippen molar-refractivity contribution < 1.29 is 27.4 Å². The second-order valence-electron chi connectivity index (χ2n) is 7.18. The Bertz CT molecular complexity index is 1290. The summed E-state index contributed by atoms with van der Waals surface area (Å²) in [6.07, 6.45) is 1.28. The van der Waals surface area contributed by atoms with Crippen LogP contribution in [-0.4, -0.2) is 35.5 Å². The molecule has 0 unspecified atom stereocenters. The zero-order valence-corrected chi connectivity index (χ0v) is 21.8. The number of methoxy groups -OCH3 is 3. The van der Waals surface area contributed by atoms with E-state index in [1.807, 2.05) is 0 Å². The van der Waals surface area contributed by atoms with Crippen LogP contribution in [0, 0.1) is 0 Å². The standard InChI is InChI=1S/C25H22BrClO6S/c1-31-20-12-22(32-2)21(23(13-20)33-3)14-24(25(28)17-6-8-18(26)9-7-17)34(29,30)15-16-4-10-19(27)11-5-16/h4-14H,15H2,1-3H3/b24-14-. The topological polar surface area (TPSA) is 78.9 Å². The molecule has 0 spiro atoms. The Labute approximate surface area is 212 Å². The van der Waals surface area contributed by atoms with E-state index in [0.29, 0.717) is 33.4 Å². The molecule has 0 atom stereocenters. The summed E-state index contributed by atoms with van der Waals surface area (Å²) in [7, 11) is 0.263. The van der Waals surface area contributed by atoms with Gasteiger partial charge in [-0.25, -0.2) is 8.42 Å². The summed E-state index contributed by atoms with van der Waals surface area (Å²) >= 11 is 9.26. The van der Waals surface area contributed by atoms with E-state index in [2.05, 4.69) is 15.9 Å². The highest BCUT2D eigenvalue weighted by Crippen LogP contribution is 2.37. The first-order chi connectivity index (χ1) is 16.2. The minimum atomic E-state index is -4.10. The highest BCUT2D eigenvalue weighted by atomic mass is 79.9. The molecule has 34 heavy (non-hydrogen) atoms. The lowest BCUT2D eigenvalue weighted by Crippen LogP contribution is -2.16. The number of carbonyl (C=O) groups is 1. The van der Waals surface area contributed by atoms with Crippen LogP contribution in [-0.2, 0) is 15.6 Å². The van der Waals surface area contributed by atoms with Crippen molar-refractivity contribution in [2.24, 2.45) is 0 Å². The summed E-state index contributed by atoms with van der Waals surface area (Å²) in [6, 6.07) is 16.0. The third-order valence-electron chi connectivity index (χ3n) is 4.96. The van der Waals surface area contributed by atoms with Gasteiger partial charge < -0.3 is 14.2 Å². The molecule has 0 saturated heterocycles. The molecule has 6 nitrogen and oxygen atoms in total. The van der Waals surface area contributed by atoms with Crippen LogP contribution in [0.2, 0.25) is 5.02 Å². The van der Waals surface area contributed by atoms with E-state index in [1.54, 1.807) is 60.7 Å². The molecule has 0 amide bonds. The van der Waals surface area contributed by atoms with Gasteiger partial charge >= 0.3 is 0 Å². The number of halogens is 2. The van der Waals surface area contributed by atoms with Crippen LogP contribution in [0.25, 0.3) is 6.08 Å². The third-order valence-corrected chi connectivity index (χ3v) is 7.43. The van der Waals surface area contributed by atoms with E-state index in [9.17, 15) is 13.2 Å². The summed E-state index contributed by atoms with van der Waals surface area (Å²) in [5, 5.41) is 0.482. The van der Waals surface area contributed by atoms with Gasteiger partial charge in [0.25, 0.3) is 0 Å². The number of ketones is 1. The van der Waals surface area contributed by atoms with Gasteiger partial charge in [-0.05, 0) is 48.0 Å². The molecule has 0 aliphatic rings. The molecule has 0 saturated carbocycles. The first-order valence-corrected chi connectivity index (χ1v) is 12.8. The van der Waals surface area contributed by atoms with Crippen molar-refractivity contribution in [1.29, 1.82) is 0 Å². The van der Waals surface area contributed by atoms with Gasteiger partial charge in [0.2, 0.25) is 5.78 Å². The molecular weight excluding hydrogens is 544 g/mol. The van der Waals surface area contributed by atoms with Crippen LogP contribution < -0.4 is 14.2 Å². The molecule has 0 aromatic heterocycles. The number of hydrogen-bond acceptors (Lipinski definition) is 6. The summed E-state index contributed by atoms with van der Waals surface area (Å²) in [6.45, 7) is 0. The quantitative estimate of drug-likeness (QED) is 0.235. The van der Waals surface area contributed by atoms with E-state index in [4.69, 9.17) is 25.8 Å². The average Bonchev–Trinajstić information content (AvgIpc) is 2.83. The summed E-state index contributed by atoms with van der Waals surface area (Å²) in [5.74, 6) is -0.00553. The molecule has 178 valence electrons. The van der Waals surface area contributed by atoms with Gasteiger partial charge in [0.15, 0.2) is 9.84 Å². The molecule has 0 aliphatic heterocycles. The number of Topliss-reactive ketones (excluding diaryl/α,β-unsaturated/α-hetero) is 1. The molecule has 0 aliphatic carbocycles. The molecule has 0 N–H and O–H groups in total. The van der Waals surface area contributed by atoms with Gasteiger partial charge in [-0.1, -0.05) is 39.7 Å². The SMILES string of the molecule is COc1cc(OC)c(/C=C(/C(=O)c2ccc(Br)cc2)S(=O)(=O)Cc2ccc(Cl)cc2)c(OC)c1. The van der Waals surface area contributed by atoms with Crippen LogP contribution in [0.5, 0.6) is 17.2 Å². The first kappa shape index (κ1) is 25.8. The lowest BCUT2D eigenvalue weighted by atomic mass is 10.1. The van der Waals surface area contributed by atoms with Gasteiger partial charge in [0.1, 0.15) is 22.2 Å². The van der Waals surface area contributed by atoms with Crippen molar-refractivity contribution in [3.8, 4) is 17.2 Å². The monoisotopic (exact) mass is 564 g/mol. The normalized spacial score (nSPS) is 11.7. The van der Waals surface area contributed by atoms with Crippen molar-refractivity contribution in [2.45, 2.75) is 5.75 Å². The number of ether oxygens (including phenoxy) is 3. The van der Waals surface area contributed by atoms with Crippen molar-refractivity contribution in [2.75, 3.05) is 21.3 Å². The smallest absolute Gasteiger partial charge is 0.204 e. The van der Waals surface area contributed by atoms with Crippen LogP contribution in [0.4, 0.5) is 0 Å². The third kappa shape index (κ3) is 6.00. The summed E-state index contributed by atoms with van der Waals surface area (Å²) in [4.78, 5) is 13.1. The minimum absolute atomic E-state index is 0.223. The van der Waals surface area contributed by atoms with E-state index >= 15 is 0 Å². The fraction of sp³-hybridized carbons (Fsp3) is 0.160. The molecule has 0 bridgehead atoms. The lowest BCUT2D eigenvalue weighted by Gasteiger charge is -2.15. The average molecular weight is 566 g/mol. The molecule has 0 heterocycles. The maximum absolute atomic E-state index is 13.6. The van der Waals surface area contributed by atoms with Gasteiger partial charge in [0, 0.05) is 27.2 Å². The number of benzene rings is 3. The zero-order valence-electron chi connectivity index (χ0n) is 18.7. The number of carbonyl (C=O) groups excluding carboxylic acids is 1. The maximum Gasteiger partial charge on any atom is 0.204 e. The molecule has 0 fully saturated rings. The molecule has 3 aromatic rings. The fourth-order valence-corrected chi connectivity index (χ4v) is 5.10. The van der Waals surface area contributed by atoms with Crippen molar-refractivity contribution in [3.05, 3.63) is 91.8 Å². The van der Waals surface area contributed by atoms with E-state index < -0.39 is 20.5 Å². The lowest BCUT2D eigenvalue weighted by molar-refractivity contribution is 0.104. The fourth-order valence-electron chi connectivity index (χ4n) is 3.22. The highest BCUT2D eigenvalue weighted by Gasteiger charge is 2.28. The maximum atomic E-state index is 13.6. The second-order valence-corrected chi connectivity index (χ2v) is 10.5. The Kier molecular flexibility index (Phi) is 8.41. The number of allylic oxidation sites excluding steroid dienone is 1. The zero-order chi connectivity index (χ0) is 24.9. The Morgan fingerprint density at radius 3 is 1.97 bits per heavy atom. The largest absolute Gasteiger partial charge is 0.496 e. The van der Waals surface area contributed by atoms with Gasteiger partial charge in [-0.2, -0.15) is 0 Å². The molecule has 0 radical (unpaired) electrons. The number of rotatable bonds is 9. The molecule has 3 rings (SSSR count). The van der Waals surface area contributed by atoms with Crippen LogP contribution in [0.15, 0.2) is 70.0 Å². The van der Waals surface area contributed by atoms with Crippen LogP contribution in [0.3, 0.4) is 0 Å². The molecule has 9 heteroatoms. The van der Waals surface area contributed by atoms with Gasteiger partial charge in [0.05, 0.1) is 32.6 Å². The predicted molar refractivity (Wildman–Crippen MR) is 137 cm³/mol. The number of sulfone groups is 1. The molecular formula is C25H22BrClO6S. The molecule has 3 aromatic carbocycles. The summed E-state index contributed by atoms with van der Waals surface area (Å²) in [5.41, 5.74) is 1.01. The predicted octanol–water partition coefficient (Wildman–Crippen LogP) is 5.97. The first-order valence-electron chi connectivity index (χ1n) is 9.97. The Balaban J connectivity index is 2.21. The summed E-state index contributed by atoms with van der Waals surface area (Å²) < 4.78 is 44.0. The van der Waals surface area contributed by atoms with E-state index in [1.165, 1.54) is 27.4 Å². The minimum Gasteiger partial charge on any atom is -0.496 e. The Hall–Kier alpha value is -2.81. The van der Waals surface area contributed by atoms with Gasteiger partial charge in [-0.3, -0.25) is 4.79 Å². The van der Waals surface area contributed by atoms with Crippen LogP contribution in [0.1, 0.15) is 21.5 Å². The second kappa shape index (κ2) is 11.1. The highest BCUT2D eigenvalue weighted by molar-refractivity contribution is 9.10. The van der Waals surface area contributed by atoms with E-state index in [-0.39, 0.29) is 11.3 Å². The van der Waals surface area contributed by atoms with Gasteiger partial charge in [-0.15, -0.1) is 0 Å². The Morgan fingerprint density at radius 1 is 0.912 bits per heavy atom. The van der Waals surface area contributed by atoms with Crippen molar-refractivity contribution >= 4 is 49.2 Å². The van der Waals surface area contributed by atoms with Crippen molar-refractivity contribution in [1.82, 2.24) is 0 Å². The van der Waals surface area contributed by atoms with E-state index in [0.717, 1.165) is 4.47 Å². The van der Waals surface area contributed by atoms with Crippen molar-refractivity contribution in [3.63, 3.8) is 0 Å². The Morgan fingerprint density at radius 2 is 1.47 bits per heavy atom. The number of hydrogen-bond donors (Lipinski definition) is 0. The van der Waals surface area contributed by atoms with Crippen LogP contribution >= 0.6 is 27.5 Å².